The van der Waals surface area contributed by atoms with Crippen LogP contribution in [0.15, 0.2) is 54.1 Å². The van der Waals surface area contributed by atoms with Crippen LogP contribution in [0.3, 0.4) is 0 Å². The van der Waals surface area contributed by atoms with Crippen LogP contribution >= 0.6 is 0 Å². The molecule has 1 aromatic carbocycles. The first-order chi connectivity index (χ1) is 19.3. The summed E-state index contributed by atoms with van der Waals surface area (Å²) in [6.07, 6.45) is -7.55. The molecule has 0 bridgehead atoms. The highest BCUT2D eigenvalue weighted by Gasteiger charge is 2.71. The molecule has 0 radical (unpaired) electrons. The molecule has 6 nitrogen and oxygen atoms in total. The molecule has 41 heavy (non-hydrogen) atoms. The van der Waals surface area contributed by atoms with Gasteiger partial charge in [-0.25, -0.2) is 4.79 Å². The number of benzene rings is 1. The van der Waals surface area contributed by atoms with E-state index in [0.29, 0.717) is 35.6 Å². The van der Waals surface area contributed by atoms with Crippen molar-refractivity contribution in [2.75, 3.05) is 32.8 Å². The second kappa shape index (κ2) is 10.5. The number of esters is 1. The summed E-state index contributed by atoms with van der Waals surface area (Å²) in [5, 5.41) is 3.24. The molecular weight excluding hydrogens is 552 g/mol. The van der Waals surface area contributed by atoms with Crippen LogP contribution in [0.5, 0.6) is 0 Å². The van der Waals surface area contributed by atoms with E-state index in [0.717, 1.165) is 12.1 Å². The number of halogens is 6. The molecule has 220 valence electrons. The third-order valence-corrected chi connectivity index (χ3v) is 8.25. The number of aromatic nitrogens is 1. The number of pyridine rings is 1. The molecule has 2 saturated heterocycles. The van der Waals surface area contributed by atoms with E-state index in [4.69, 9.17) is 4.74 Å². The number of hydrogen-bond donors (Lipinski definition) is 1. The van der Waals surface area contributed by atoms with Crippen LogP contribution in [-0.4, -0.2) is 60.7 Å². The van der Waals surface area contributed by atoms with Crippen molar-refractivity contribution in [3.63, 3.8) is 0 Å². The smallest absolute Gasteiger partial charge is 0.416 e. The van der Waals surface area contributed by atoms with Crippen molar-refractivity contribution < 1.29 is 40.7 Å². The van der Waals surface area contributed by atoms with Gasteiger partial charge in [-0.05, 0) is 44.0 Å². The summed E-state index contributed by atoms with van der Waals surface area (Å²) < 4.78 is 84.6. The maximum absolute atomic E-state index is 13.5. The van der Waals surface area contributed by atoms with Gasteiger partial charge in [0, 0.05) is 60.8 Å². The number of carbonyl (C=O) groups is 2. The minimum Gasteiger partial charge on any atom is -0.463 e. The number of likely N-dealkylation sites (tertiary alicyclic amines) is 1. The van der Waals surface area contributed by atoms with Crippen molar-refractivity contribution in [2.45, 2.75) is 38.5 Å². The van der Waals surface area contributed by atoms with E-state index in [1.54, 1.807) is 31.2 Å². The fourth-order valence-corrected chi connectivity index (χ4v) is 5.74. The van der Waals surface area contributed by atoms with E-state index in [-0.39, 0.29) is 44.9 Å². The van der Waals surface area contributed by atoms with Gasteiger partial charge < -0.3 is 15.0 Å². The van der Waals surface area contributed by atoms with Crippen LogP contribution in [0.1, 0.15) is 31.0 Å². The van der Waals surface area contributed by atoms with Gasteiger partial charge >= 0.3 is 18.3 Å². The van der Waals surface area contributed by atoms with Crippen LogP contribution in [0.4, 0.5) is 26.3 Å². The molecule has 3 aliphatic rings. The summed E-state index contributed by atoms with van der Waals surface area (Å²) in [7, 11) is 0. The van der Waals surface area contributed by atoms with Crippen molar-refractivity contribution in [1.29, 1.82) is 0 Å². The summed E-state index contributed by atoms with van der Waals surface area (Å²) in [5.41, 5.74) is -1.80. The second-order valence-electron chi connectivity index (χ2n) is 11.0. The summed E-state index contributed by atoms with van der Waals surface area (Å²) in [5.74, 6) is -1.66. The Morgan fingerprint density at radius 1 is 1.07 bits per heavy atom. The summed E-state index contributed by atoms with van der Waals surface area (Å²) in [6, 6.07) is 9.67. The minimum absolute atomic E-state index is 0.0831. The van der Waals surface area contributed by atoms with Gasteiger partial charge in [-0.1, -0.05) is 24.3 Å². The van der Waals surface area contributed by atoms with Crippen molar-refractivity contribution >= 4 is 11.9 Å². The number of ether oxygens (including phenoxy) is 1. The largest absolute Gasteiger partial charge is 0.463 e. The molecule has 1 amide bonds. The molecule has 3 heterocycles. The van der Waals surface area contributed by atoms with Gasteiger partial charge in [0.25, 0.3) is 0 Å². The molecule has 2 aromatic rings. The van der Waals surface area contributed by atoms with E-state index >= 15 is 0 Å². The molecular formula is C29H29F6N3O3. The van der Waals surface area contributed by atoms with E-state index in [9.17, 15) is 35.9 Å². The lowest BCUT2D eigenvalue weighted by Crippen LogP contribution is -2.64. The zero-order valence-electron chi connectivity index (χ0n) is 22.2. The number of carbonyl (C=O) groups excluding carboxylic acids is 2. The molecule has 1 aromatic heterocycles. The Morgan fingerprint density at radius 3 is 2.34 bits per heavy atom. The maximum Gasteiger partial charge on any atom is 0.416 e. The van der Waals surface area contributed by atoms with Crippen molar-refractivity contribution in [3.05, 3.63) is 65.4 Å². The summed E-state index contributed by atoms with van der Waals surface area (Å²) >= 11 is 0. The molecule has 1 spiro atoms. The van der Waals surface area contributed by atoms with Gasteiger partial charge in [-0.15, -0.1) is 0 Å². The lowest BCUT2D eigenvalue weighted by Gasteiger charge is -2.51. The molecule has 12 heteroatoms. The first-order valence-electron chi connectivity index (χ1n) is 13.4. The van der Waals surface area contributed by atoms with E-state index < -0.39 is 40.6 Å². The lowest BCUT2D eigenvalue weighted by molar-refractivity contribution is -0.204. The molecule has 1 saturated carbocycles. The Labute approximate surface area is 232 Å². The first kappa shape index (κ1) is 29.1. The number of amides is 1. The molecule has 3 fully saturated rings. The molecule has 1 unspecified atom stereocenters. The Balaban J connectivity index is 1.34. The number of nitrogens with zero attached hydrogens (tertiary/aromatic N) is 2. The van der Waals surface area contributed by atoms with E-state index in [1.165, 1.54) is 17.0 Å². The Kier molecular flexibility index (Phi) is 7.42. The zero-order valence-corrected chi connectivity index (χ0v) is 22.2. The normalized spacial score (nSPS) is 21.5. The highest BCUT2D eigenvalue weighted by Crippen LogP contribution is 2.60. The Bertz CT molecular complexity index is 1340. The monoisotopic (exact) mass is 581 g/mol. The van der Waals surface area contributed by atoms with Gasteiger partial charge in [0.05, 0.1) is 17.9 Å². The van der Waals surface area contributed by atoms with Crippen molar-refractivity contribution in [3.8, 4) is 11.3 Å². The second-order valence-corrected chi connectivity index (χ2v) is 11.0. The van der Waals surface area contributed by atoms with Crippen LogP contribution in [0.2, 0.25) is 0 Å². The molecule has 2 aliphatic heterocycles. The van der Waals surface area contributed by atoms with Crippen molar-refractivity contribution in [2.24, 2.45) is 16.7 Å². The lowest BCUT2D eigenvalue weighted by atomic mass is 9.70. The van der Waals surface area contributed by atoms with Gasteiger partial charge in [0.1, 0.15) is 5.41 Å². The van der Waals surface area contributed by atoms with Crippen molar-refractivity contribution in [1.82, 2.24) is 15.2 Å². The molecule has 1 aliphatic carbocycles. The van der Waals surface area contributed by atoms with Gasteiger partial charge in [-0.3, -0.25) is 9.78 Å². The molecule has 5 rings (SSSR count). The van der Waals surface area contributed by atoms with Crippen LogP contribution in [-0.2, 0) is 26.9 Å². The van der Waals surface area contributed by atoms with Crippen LogP contribution < -0.4 is 5.32 Å². The Morgan fingerprint density at radius 2 is 1.76 bits per heavy atom. The zero-order chi connectivity index (χ0) is 29.6. The number of alkyl halides is 6. The van der Waals surface area contributed by atoms with E-state index in [1.807, 2.05) is 0 Å². The molecule has 1 N–H and O–H groups in total. The third-order valence-electron chi connectivity index (χ3n) is 8.25. The summed E-state index contributed by atoms with van der Waals surface area (Å²) in [6.45, 7) is 3.10. The quantitative estimate of drug-likeness (QED) is 0.277. The summed E-state index contributed by atoms with van der Waals surface area (Å²) in [4.78, 5) is 31.5. The highest BCUT2D eigenvalue weighted by molar-refractivity contribution is 5.89. The first-order valence-corrected chi connectivity index (χ1v) is 13.4. The maximum atomic E-state index is 13.5. The van der Waals surface area contributed by atoms with Crippen LogP contribution in [0, 0.1) is 16.7 Å². The average molecular weight is 582 g/mol. The fraction of sp³-hybridized carbons (Fsp3) is 0.483. The predicted molar refractivity (Wildman–Crippen MR) is 136 cm³/mol. The van der Waals surface area contributed by atoms with Gasteiger partial charge in [0.2, 0.25) is 5.91 Å². The molecule has 1 atom stereocenters. The average Bonchev–Trinajstić information content (AvgIpc) is 3.62. The van der Waals surface area contributed by atoms with Gasteiger partial charge in [-0.2, -0.15) is 26.3 Å². The van der Waals surface area contributed by atoms with E-state index in [2.05, 4.69) is 10.3 Å². The fourth-order valence-electron chi connectivity index (χ4n) is 5.74. The Hall–Kier alpha value is -3.41. The number of hydrogen-bond acceptors (Lipinski definition) is 5. The topological polar surface area (TPSA) is 71.5 Å². The number of rotatable bonds is 7. The highest BCUT2D eigenvalue weighted by atomic mass is 19.4. The van der Waals surface area contributed by atoms with Crippen LogP contribution in [0.25, 0.3) is 11.3 Å². The third kappa shape index (κ3) is 5.58. The minimum atomic E-state index is -4.57. The predicted octanol–water partition coefficient (Wildman–Crippen LogP) is 5.19. The number of nitrogens with one attached hydrogen (secondary N) is 1. The standard InChI is InChI=1S/C29H29F6N3O3/c1-2-41-24(39)19(13-22-4-3-5-23(37-22)18-6-8-20(9-7-18)28(30,31)32)12-21-14-36-15-26(21)16-38(17-26)25(40)27(10-11-27)29(33,34)35/h3-9,12,21,36H,2,10-11,13-17H2,1H3/b19-12-. The van der Waals surface area contributed by atoms with Gasteiger partial charge in [0.15, 0.2) is 0 Å². The SMILES string of the molecule is CCOC(=O)/C(=C\C1CNCC12CN(C(=O)C1(C(F)(F)F)CC1)C2)Cc1cccc(-c2ccc(C(F)(F)F)cc2)n1.